The topological polar surface area (TPSA) is 62.4 Å². The van der Waals surface area contributed by atoms with E-state index in [0.29, 0.717) is 4.99 Å². The van der Waals surface area contributed by atoms with Crippen LogP contribution in [0.4, 0.5) is 5.82 Å². The molecule has 0 atom stereocenters. The van der Waals surface area contributed by atoms with E-state index in [4.69, 9.17) is 18.0 Å². The molecule has 3 N–H and O–H groups in total. The van der Waals surface area contributed by atoms with Gasteiger partial charge < -0.3 is 15.7 Å². The number of hydrogen-bond acceptors (Lipinski definition) is 4. The Kier molecular flexibility index (Phi) is 3.83. The molecule has 0 radical (unpaired) electrons. The van der Waals surface area contributed by atoms with Crippen molar-refractivity contribution >= 4 is 23.0 Å². The SMILES string of the molecule is CN(c1cc(C(N)=S)ccn1)C(C)(C)CO. The van der Waals surface area contributed by atoms with Gasteiger partial charge in [0.05, 0.1) is 12.1 Å². The second kappa shape index (κ2) is 4.76. The minimum Gasteiger partial charge on any atom is -0.394 e. The van der Waals surface area contributed by atoms with Crippen molar-refractivity contribution in [1.29, 1.82) is 0 Å². The molecule has 0 saturated carbocycles. The number of rotatable bonds is 4. The van der Waals surface area contributed by atoms with Gasteiger partial charge in [0.15, 0.2) is 0 Å². The molecule has 1 rings (SSSR count). The van der Waals surface area contributed by atoms with Crippen LogP contribution in [0.5, 0.6) is 0 Å². The van der Waals surface area contributed by atoms with Crippen LogP contribution < -0.4 is 10.6 Å². The molecule has 0 aromatic carbocycles. The molecule has 1 aromatic heterocycles. The molecule has 5 heteroatoms. The summed E-state index contributed by atoms with van der Waals surface area (Å²) in [6.07, 6.45) is 1.66. The number of hydrogen-bond donors (Lipinski definition) is 2. The van der Waals surface area contributed by atoms with Crippen LogP contribution in [-0.4, -0.2) is 34.3 Å². The number of nitrogens with two attached hydrogens (primary N) is 1. The fourth-order valence-corrected chi connectivity index (χ4v) is 1.30. The van der Waals surface area contributed by atoms with Gasteiger partial charge in [0.1, 0.15) is 10.8 Å². The summed E-state index contributed by atoms with van der Waals surface area (Å²) in [5.41, 5.74) is 5.97. The molecule has 0 bridgehead atoms. The zero-order valence-electron chi connectivity index (χ0n) is 9.77. The van der Waals surface area contributed by atoms with E-state index in [9.17, 15) is 5.11 Å². The number of aliphatic hydroxyl groups is 1. The average molecular weight is 239 g/mol. The second-order valence-electron chi connectivity index (χ2n) is 4.30. The van der Waals surface area contributed by atoms with Crippen molar-refractivity contribution in [3.05, 3.63) is 23.9 Å². The molecule has 0 saturated heterocycles. The lowest BCUT2D eigenvalue weighted by atomic mass is 10.1. The lowest BCUT2D eigenvalue weighted by Gasteiger charge is -2.35. The van der Waals surface area contributed by atoms with E-state index in [-0.39, 0.29) is 12.1 Å². The molecule has 1 heterocycles. The fourth-order valence-electron chi connectivity index (χ4n) is 1.17. The van der Waals surface area contributed by atoms with Gasteiger partial charge in [0.25, 0.3) is 0 Å². The first-order chi connectivity index (χ1) is 7.38. The summed E-state index contributed by atoms with van der Waals surface area (Å²) < 4.78 is 0. The number of thiocarbonyl (C=S) groups is 1. The first-order valence-corrected chi connectivity index (χ1v) is 5.40. The number of likely N-dealkylation sites (N-methyl/N-ethyl adjacent to an activating group) is 1. The monoisotopic (exact) mass is 239 g/mol. The molecular formula is C11H17N3OS. The Bertz CT molecular complexity index is 393. The highest BCUT2D eigenvalue weighted by Gasteiger charge is 2.23. The van der Waals surface area contributed by atoms with Crippen molar-refractivity contribution in [2.24, 2.45) is 5.73 Å². The first-order valence-electron chi connectivity index (χ1n) is 4.99. The molecule has 0 aliphatic heterocycles. The summed E-state index contributed by atoms with van der Waals surface area (Å²) in [5.74, 6) is 0.740. The van der Waals surface area contributed by atoms with Gasteiger partial charge >= 0.3 is 0 Å². The Labute approximate surface area is 101 Å². The molecule has 88 valence electrons. The Morgan fingerprint density at radius 1 is 1.62 bits per heavy atom. The van der Waals surface area contributed by atoms with Gasteiger partial charge in [-0.25, -0.2) is 4.98 Å². The molecular weight excluding hydrogens is 222 g/mol. The smallest absolute Gasteiger partial charge is 0.129 e. The highest BCUT2D eigenvalue weighted by atomic mass is 32.1. The maximum atomic E-state index is 9.28. The number of anilines is 1. The van der Waals surface area contributed by atoms with E-state index in [2.05, 4.69) is 4.98 Å². The largest absolute Gasteiger partial charge is 0.394 e. The van der Waals surface area contributed by atoms with Gasteiger partial charge in [0, 0.05) is 18.8 Å². The Morgan fingerprint density at radius 2 is 2.25 bits per heavy atom. The highest BCUT2D eigenvalue weighted by Crippen LogP contribution is 2.20. The summed E-state index contributed by atoms with van der Waals surface area (Å²) >= 11 is 4.91. The lowest BCUT2D eigenvalue weighted by molar-refractivity contribution is 0.215. The van der Waals surface area contributed by atoms with Crippen molar-refractivity contribution in [1.82, 2.24) is 4.98 Å². The number of pyridine rings is 1. The van der Waals surface area contributed by atoms with E-state index in [1.165, 1.54) is 0 Å². The van der Waals surface area contributed by atoms with Gasteiger partial charge in [-0.1, -0.05) is 12.2 Å². The van der Waals surface area contributed by atoms with Crippen LogP contribution in [0.1, 0.15) is 19.4 Å². The van der Waals surface area contributed by atoms with E-state index >= 15 is 0 Å². The Hall–Kier alpha value is -1.20. The summed E-state index contributed by atoms with van der Waals surface area (Å²) in [4.78, 5) is 6.48. The third kappa shape index (κ3) is 2.68. The molecule has 0 unspecified atom stereocenters. The van der Waals surface area contributed by atoms with Crippen LogP contribution in [0.15, 0.2) is 18.3 Å². The van der Waals surface area contributed by atoms with Crippen LogP contribution in [0.2, 0.25) is 0 Å². The third-order valence-electron chi connectivity index (χ3n) is 2.67. The molecule has 0 spiro atoms. The molecule has 0 fully saturated rings. The van der Waals surface area contributed by atoms with Gasteiger partial charge in [-0.3, -0.25) is 0 Å². The van der Waals surface area contributed by atoms with E-state index in [1.54, 1.807) is 12.3 Å². The summed E-state index contributed by atoms with van der Waals surface area (Å²) in [5, 5.41) is 9.28. The molecule has 16 heavy (non-hydrogen) atoms. The van der Waals surface area contributed by atoms with E-state index < -0.39 is 0 Å². The van der Waals surface area contributed by atoms with Crippen LogP contribution in [0.25, 0.3) is 0 Å². The van der Waals surface area contributed by atoms with E-state index in [1.807, 2.05) is 31.9 Å². The standard InChI is InChI=1S/C11H17N3OS/c1-11(2,7-15)14(3)9-6-8(10(12)16)4-5-13-9/h4-6,15H,7H2,1-3H3,(H2,12,16). The van der Waals surface area contributed by atoms with Gasteiger partial charge in [0.2, 0.25) is 0 Å². The van der Waals surface area contributed by atoms with Crippen LogP contribution in [-0.2, 0) is 0 Å². The summed E-state index contributed by atoms with van der Waals surface area (Å²) in [7, 11) is 1.88. The van der Waals surface area contributed by atoms with Crippen molar-refractivity contribution in [2.45, 2.75) is 19.4 Å². The van der Waals surface area contributed by atoms with Crippen LogP contribution in [0, 0.1) is 0 Å². The maximum Gasteiger partial charge on any atom is 0.129 e. The van der Waals surface area contributed by atoms with Crippen LogP contribution >= 0.6 is 12.2 Å². The minimum absolute atomic E-state index is 0.0441. The molecule has 1 aromatic rings. The third-order valence-corrected chi connectivity index (χ3v) is 2.90. The second-order valence-corrected chi connectivity index (χ2v) is 4.74. The van der Waals surface area contributed by atoms with Gasteiger partial charge in [-0.15, -0.1) is 0 Å². The fraction of sp³-hybridized carbons (Fsp3) is 0.455. The molecule has 0 aliphatic rings. The van der Waals surface area contributed by atoms with Gasteiger partial charge in [-0.2, -0.15) is 0 Å². The predicted octanol–water partition coefficient (Wildman–Crippen LogP) is 0.923. The Morgan fingerprint density at radius 3 is 2.75 bits per heavy atom. The van der Waals surface area contributed by atoms with Crippen molar-refractivity contribution in [2.75, 3.05) is 18.6 Å². The van der Waals surface area contributed by atoms with Crippen molar-refractivity contribution < 1.29 is 5.11 Å². The highest BCUT2D eigenvalue weighted by molar-refractivity contribution is 7.80. The van der Waals surface area contributed by atoms with E-state index in [0.717, 1.165) is 11.4 Å². The average Bonchev–Trinajstić information content (AvgIpc) is 2.28. The lowest BCUT2D eigenvalue weighted by Crippen LogP contribution is -2.44. The molecule has 0 amide bonds. The predicted molar refractivity (Wildman–Crippen MR) is 69.7 cm³/mol. The molecule has 0 aliphatic carbocycles. The van der Waals surface area contributed by atoms with Crippen molar-refractivity contribution in [3.63, 3.8) is 0 Å². The number of aromatic nitrogens is 1. The minimum atomic E-state index is -0.373. The number of nitrogens with zero attached hydrogens (tertiary/aromatic N) is 2. The normalized spacial score (nSPS) is 11.2. The first kappa shape index (κ1) is 12.9. The van der Waals surface area contributed by atoms with Gasteiger partial charge in [-0.05, 0) is 26.0 Å². The quantitative estimate of drug-likeness (QED) is 0.765. The Balaban J connectivity index is 3.05. The van der Waals surface area contributed by atoms with Crippen molar-refractivity contribution in [3.8, 4) is 0 Å². The summed E-state index contributed by atoms with van der Waals surface area (Å²) in [6, 6.07) is 3.59. The zero-order valence-corrected chi connectivity index (χ0v) is 10.6. The maximum absolute atomic E-state index is 9.28. The molecule has 4 nitrogen and oxygen atoms in total. The summed E-state index contributed by atoms with van der Waals surface area (Å²) in [6.45, 7) is 3.91. The van der Waals surface area contributed by atoms with Crippen LogP contribution in [0.3, 0.4) is 0 Å². The zero-order chi connectivity index (χ0) is 12.3. The number of aliphatic hydroxyl groups excluding tert-OH is 1.